The summed E-state index contributed by atoms with van der Waals surface area (Å²) in [7, 11) is 5.27. The molecule has 2 aromatic heterocycles. The van der Waals surface area contributed by atoms with Gasteiger partial charge in [0.25, 0.3) is 0 Å². The summed E-state index contributed by atoms with van der Waals surface area (Å²) >= 11 is 0. The van der Waals surface area contributed by atoms with Crippen LogP contribution in [0.25, 0.3) is 22.3 Å². The molecule has 8 nitrogen and oxygen atoms in total. The van der Waals surface area contributed by atoms with Crippen LogP contribution in [-0.4, -0.2) is 50.8 Å². The number of imidazole rings is 1. The van der Waals surface area contributed by atoms with E-state index in [1.165, 1.54) is 5.56 Å². The first-order chi connectivity index (χ1) is 16.0. The first kappa shape index (κ1) is 21.4. The van der Waals surface area contributed by atoms with E-state index in [1.54, 1.807) is 35.7 Å². The third kappa shape index (κ3) is 4.15. The van der Waals surface area contributed by atoms with Crippen molar-refractivity contribution in [2.75, 3.05) is 26.8 Å². The molecule has 0 unspecified atom stereocenters. The summed E-state index contributed by atoms with van der Waals surface area (Å²) in [6.07, 6.45) is 3.39. The Hall–Kier alpha value is -3.49. The number of morpholine rings is 1. The van der Waals surface area contributed by atoms with Gasteiger partial charge in [-0.1, -0.05) is 18.2 Å². The average molecular weight is 446 g/mol. The molecule has 0 radical (unpaired) electrons. The Morgan fingerprint density at radius 1 is 1.09 bits per heavy atom. The molecule has 0 bridgehead atoms. The normalized spacial score (nSPS) is 16.9. The summed E-state index contributed by atoms with van der Waals surface area (Å²) in [5.74, 6) is 0.785. The van der Waals surface area contributed by atoms with Crippen molar-refractivity contribution < 1.29 is 9.47 Å². The third-order valence-corrected chi connectivity index (χ3v) is 6.24. The van der Waals surface area contributed by atoms with Crippen molar-refractivity contribution >= 4 is 11.0 Å². The van der Waals surface area contributed by atoms with Gasteiger partial charge < -0.3 is 9.47 Å². The lowest BCUT2D eigenvalue weighted by Crippen LogP contribution is -2.38. The van der Waals surface area contributed by atoms with E-state index in [2.05, 4.69) is 22.0 Å². The molecule has 0 spiro atoms. The Morgan fingerprint density at radius 2 is 1.94 bits per heavy atom. The van der Waals surface area contributed by atoms with Crippen molar-refractivity contribution in [1.29, 1.82) is 0 Å². The Balaban J connectivity index is 1.34. The monoisotopic (exact) mass is 445 g/mol. The largest absolute Gasteiger partial charge is 0.497 e. The molecule has 170 valence electrons. The maximum absolute atomic E-state index is 12.2. The standard InChI is InChI=1S/C25H27N5O3/c1-28-22-8-7-17(11-23(22)29(2)25(28)31)15-30-9-10-33-24(16-30)21-14-26-13-20(27-21)18-5-4-6-19(12-18)32-3/h4-8,11-14,24H,9-10,15-16H2,1-3H3/t24-/m1/s1. The zero-order valence-electron chi connectivity index (χ0n) is 19.1. The van der Waals surface area contributed by atoms with Gasteiger partial charge in [0.1, 0.15) is 11.9 Å². The second-order valence-electron chi connectivity index (χ2n) is 8.38. The molecule has 0 N–H and O–H groups in total. The molecule has 1 atom stereocenters. The summed E-state index contributed by atoms with van der Waals surface area (Å²) in [6.45, 7) is 2.97. The summed E-state index contributed by atoms with van der Waals surface area (Å²) in [5.41, 5.74) is 5.61. The molecule has 1 saturated heterocycles. The number of fused-ring (bicyclic) bond motifs is 1. The van der Waals surface area contributed by atoms with Crippen molar-refractivity contribution in [1.82, 2.24) is 24.0 Å². The maximum atomic E-state index is 12.2. The molecule has 33 heavy (non-hydrogen) atoms. The SMILES string of the molecule is COc1cccc(-c2cncc([C@H]3CN(Cc4ccc5c(c4)n(C)c(=O)n5C)CCO3)n2)c1. The predicted molar refractivity (Wildman–Crippen MR) is 126 cm³/mol. The van der Waals surface area contributed by atoms with Crippen LogP contribution in [0.5, 0.6) is 5.75 Å². The minimum absolute atomic E-state index is 0.0110. The molecular formula is C25H27N5O3. The van der Waals surface area contributed by atoms with Crippen LogP contribution in [0.2, 0.25) is 0 Å². The van der Waals surface area contributed by atoms with E-state index < -0.39 is 0 Å². The fourth-order valence-electron chi connectivity index (χ4n) is 4.39. The van der Waals surface area contributed by atoms with Gasteiger partial charge in [0.2, 0.25) is 0 Å². The zero-order chi connectivity index (χ0) is 22.9. The summed E-state index contributed by atoms with van der Waals surface area (Å²) < 4.78 is 14.8. The van der Waals surface area contributed by atoms with E-state index in [1.807, 2.05) is 37.4 Å². The Kier molecular flexibility index (Phi) is 5.70. The van der Waals surface area contributed by atoms with Gasteiger partial charge in [-0.05, 0) is 29.8 Å². The van der Waals surface area contributed by atoms with Gasteiger partial charge >= 0.3 is 5.69 Å². The van der Waals surface area contributed by atoms with E-state index in [0.717, 1.165) is 53.4 Å². The topological polar surface area (TPSA) is 74.4 Å². The molecule has 2 aromatic carbocycles. The van der Waals surface area contributed by atoms with Crippen LogP contribution in [0.3, 0.4) is 0 Å². The minimum Gasteiger partial charge on any atom is -0.497 e. The van der Waals surface area contributed by atoms with Gasteiger partial charge in [0.15, 0.2) is 0 Å². The predicted octanol–water partition coefficient (Wildman–Crippen LogP) is 2.92. The fourth-order valence-corrected chi connectivity index (χ4v) is 4.39. The molecule has 0 amide bonds. The number of aryl methyl sites for hydroxylation is 2. The molecule has 0 aliphatic carbocycles. The minimum atomic E-state index is -0.151. The Bertz CT molecular complexity index is 1360. The highest BCUT2D eigenvalue weighted by Gasteiger charge is 2.24. The van der Waals surface area contributed by atoms with Crippen LogP contribution in [0.15, 0.2) is 59.7 Å². The quantitative estimate of drug-likeness (QED) is 0.470. The lowest BCUT2D eigenvalue weighted by molar-refractivity contribution is -0.0351. The average Bonchev–Trinajstić information content (AvgIpc) is 3.08. The smallest absolute Gasteiger partial charge is 0.328 e. The van der Waals surface area contributed by atoms with Crippen molar-refractivity contribution in [2.24, 2.45) is 14.1 Å². The van der Waals surface area contributed by atoms with Crippen molar-refractivity contribution in [3.63, 3.8) is 0 Å². The number of aromatic nitrogens is 4. The van der Waals surface area contributed by atoms with Crippen molar-refractivity contribution in [3.05, 3.63) is 76.6 Å². The molecule has 4 aromatic rings. The van der Waals surface area contributed by atoms with Crippen LogP contribution in [0, 0.1) is 0 Å². The van der Waals surface area contributed by atoms with E-state index in [4.69, 9.17) is 14.5 Å². The van der Waals surface area contributed by atoms with Crippen molar-refractivity contribution in [2.45, 2.75) is 12.6 Å². The molecule has 3 heterocycles. The lowest BCUT2D eigenvalue weighted by atomic mass is 10.1. The number of hydrogen-bond acceptors (Lipinski definition) is 6. The number of ether oxygens (including phenoxy) is 2. The van der Waals surface area contributed by atoms with Crippen LogP contribution in [-0.2, 0) is 25.4 Å². The number of hydrogen-bond donors (Lipinski definition) is 0. The highest BCUT2D eigenvalue weighted by atomic mass is 16.5. The van der Waals surface area contributed by atoms with Crippen molar-refractivity contribution in [3.8, 4) is 17.0 Å². The molecular weight excluding hydrogens is 418 g/mol. The molecule has 1 aliphatic heterocycles. The number of methoxy groups -OCH3 is 1. The summed E-state index contributed by atoms with van der Waals surface area (Å²) in [4.78, 5) is 23.8. The van der Waals surface area contributed by atoms with E-state index in [9.17, 15) is 4.79 Å². The van der Waals surface area contributed by atoms with Gasteiger partial charge in [-0.3, -0.25) is 19.0 Å². The van der Waals surface area contributed by atoms with Gasteiger partial charge in [-0.2, -0.15) is 0 Å². The molecule has 1 fully saturated rings. The summed E-state index contributed by atoms with van der Waals surface area (Å²) in [5, 5.41) is 0. The van der Waals surface area contributed by atoms with Gasteiger partial charge in [0.05, 0.1) is 48.5 Å². The Labute approximate surface area is 192 Å². The Morgan fingerprint density at radius 3 is 2.79 bits per heavy atom. The van der Waals surface area contributed by atoms with Crippen LogP contribution in [0.1, 0.15) is 17.4 Å². The second kappa shape index (κ2) is 8.80. The highest BCUT2D eigenvalue weighted by molar-refractivity contribution is 5.76. The molecule has 1 aliphatic rings. The lowest BCUT2D eigenvalue weighted by Gasteiger charge is -2.32. The number of rotatable bonds is 5. The summed E-state index contributed by atoms with van der Waals surface area (Å²) in [6, 6.07) is 14.0. The van der Waals surface area contributed by atoms with Gasteiger partial charge in [0, 0.05) is 39.3 Å². The van der Waals surface area contributed by atoms with E-state index in [-0.39, 0.29) is 11.8 Å². The second-order valence-corrected chi connectivity index (χ2v) is 8.38. The first-order valence-electron chi connectivity index (χ1n) is 11.0. The van der Waals surface area contributed by atoms with Crippen LogP contribution in [0.4, 0.5) is 0 Å². The van der Waals surface area contributed by atoms with E-state index >= 15 is 0 Å². The molecule has 5 rings (SSSR count). The van der Waals surface area contributed by atoms with Gasteiger partial charge in [-0.15, -0.1) is 0 Å². The molecule has 8 heteroatoms. The highest BCUT2D eigenvalue weighted by Crippen LogP contribution is 2.26. The van der Waals surface area contributed by atoms with Crippen LogP contribution >= 0.6 is 0 Å². The van der Waals surface area contributed by atoms with Gasteiger partial charge in [-0.25, -0.2) is 9.78 Å². The zero-order valence-corrected chi connectivity index (χ0v) is 19.1. The molecule has 0 saturated carbocycles. The maximum Gasteiger partial charge on any atom is 0.328 e. The first-order valence-corrected chi connectivity index (χ1v) is 11.0. The number of nitrogens with zero attached hydrogens (tertiary/aromatic N) is 5. The number of benzene rings is 2. The van der Waals surface area contributed by atoms with Crippen LogP contribution < -0.4 is 10.4 Å². The fraction of sp³-hybridized carbons (Fsp3) is 0.320. The van der Waals surface area contributed by atoms with E-state index in [0.29, 0.717) is 6.61 Å². The third-order valence-electron chi connectivity index (χ3n) is 6.24.